The van der Waals surface area contributed by atoms with Crippen molar-refractivity contribution in [3.8, 4) is 5.75 Å². The van der Waals surface area contributed by atoms with Crippen LogP contribution < -0.4 is 10.1 Å². The third-order valence-corrected chi connectivity index (χ3v) is 4.46. The van der Waals surface area contributed by atoms with E-state index in [9.17, 15) is 9.59 Å². The van der Waals surface area contributed by atoms with Crippen molar-refractivity contribution in [3.63, 3.8) is 0 Å². The molecule has 6 nitrogen and oxygen atoms in total. The molecule has 2 aromatic carbocycles. The number of nitrogens with one attached hydrogen (secondary N) is 1. The van der Waals surface area contributed by atoms with Gasteiger partial charge in [-0.25, -0.2) is 4.79 Å². The SMILES string of the molecule is COc1ccccc1C(NC(=O)[C@@H]1CC[C@H](C(=O)O)O1)c1ccccc1. The van der Waals surface area contributed by atoms with Crippen LogP contribution in [0.3, 0.4) is 0 Å². The van der Waals surface area contributed by atoms with Gasteiger partial charge in [0, 0.05) is 5.56 Å². The smallest absolute Gasteiger partial charge is 0.332 e. The van der Waals surface area contributed by atoms with E-state index < -0.39 is 24.2 Å². The quantitative estimate of drug-likeness (QED) is 0.832. The van der Waals surface area contributed by atoms with E-state index in [1.165, 1.54) is 0 Å². The van der Waals surface area contributed by atoms with Gasteiger partial charge in [-0.1, -0.05) is 48.5 Å². The Labute approximate surface area is 151 Å². The number of hydrogen-bond donors (Lipinski definition) is 2. The predicted octanol–water partition coefficient (Wildman–Crippen LogP) is 2.53. The summed E-state index contributed by atoms with van der Waals surface area (Å²) in [6.07, 6.45) is -0.974. The van der Waals surface area contributed by atoms with Gasteiger partial charge in [-0.2, -0.15) is 0 Å². The molecule has 1 aliphatic rings. The summed E-state index contributed by atoms with van der Waals surface area (Å²) in [5, 5.41) is 12.0. The minimum absolute atomic E-state index is 0.325. The molecule has 0 aromatic heterocycles. The van der Waals surface area contributed by atoms with Gasteiger partial charge in [0.15, 0.2) is 6.10 Å². The van der Waals surface area contributed by atoms with Crippen LogP contribution in [-0.4, -0.2) is 36.3 Å². The van der Waals surface area contributed by atoms with Crippen LogP contribution >= 0.6 is 0 Å². The molecule has 1 heterocycles. The molecule has 1 amide bonds. The Balaban J connectivity index is 1.85. The van der Waals surface area contributed by atoms with E-state index in [2.05, 4.69) is 5.32 Å². The van der Waals surface area contributed by atoms with Crippen LogP contribution in [0.2, 0.25) is 0 Å². The van der Waals surface area contributed by atoms with Crippen molar-refractivity contribution in [2.75, 3.05) is 7.11 Å². The normalized spacial score (nSPS) is 20.3. The van der Waals surface area contributed by atoms with Crippen molar-refractivity contribution in [3.05, 3.63) is 65.7 Å². The van der Waals surface area contributed by atoms with E-state index in [4.69, 9.17) is 14.6 Å². The maximum atomic E-state index is 12.7. The molecule has 136 valence electrons. The van der Waals surface area contributed by atoms with Crippen molar-refractivity contribution in [1.82, 2.24) is 5.32 Å². The number of hydrogen-bond acceptors (Lipinski definition) is 4. The molecular weight excluding hydrogens is 334 g/mol. The summed E-state index contributed by atoms with van der Waals surface area (Å²) < 4.78 is 10.8. The van der Waals surface area contributed by atoms with E-state index in [0.717, 1.165) is 11.1 Å². The summed E-state index contributed by atoms with van der Waals surface area (Å²) in [5.74, 6) is -0.699. The summed E-state index contributed by atoms with van der Waals surface area (Å²) in [7, 11) is 1.58. The molecule has 1 fully saturated rings. The van der Waals surface area contributed by atoms with E-state index >= 15 is 0 Å². The van der Waals surface area contributed by atoms with Crippen LogP contribution in [0.25, 0.3) is 0 Å². The lowest BCUT2D eigenvalue weighted by molar-refractivity contribution is -0.151. The summed E-state index contributed by atoms with van der Waals surface area (Å²) in [4.78, 5) is 23.7. The molecule has 3 atom stereocenters. The lowest BCUT2D eigenvalue weighted by atomic mass is 9.97. The second-order valence-electron chi connectivity index (χ2n) is 6.12. The third kappa shape index (κ3) is 3.86. The number of para-hydroxylation sites is 1. The van der Waals surface area contributed by atoms with Crippen molar-refractivity contribution in [1.29, 1.82) is 0 Å². The molecule has 0 aliphatic carbocycles. The first-order valence-electron chi connectivity index (χ1n) is 8.46. The van der Waals surface area contributed by atoms with E-state index in [1.807, 2.05) is 54.6 Å². The van der Waals surface area contributed by atoms with Crippen LogP contribution in [-0.2, 0) is 14.3 Å². The van der Waals surface area contributed by atoms with Gasteiger partial charge < -0.3 is 19.9 Å². The number of benzene rings is 2. The highest BCUT2D eigenvalue weighted by Crippen LogP contribution is 2.30. The number of aliphatic carboxylic acids is 1. The van der Waals surface area contributed by atoms with Gasteiger partial charge in [0.2, 0.25) is 5.91 Å². The lowest BCUT2D eigenvalue weighted by Crippen LogP contribution is -2.38. The highest BCUT2D eigenvalue weighted by Gasteiger charge is 2.36. The van der Waals surface area contributed by atoms with E-state index in [-0.39, 0.29) is 5.91 Å². The second-order valence-corrected chi connectivity index (χ2v) is 6.12. The number of methoxy groups -OCH3 is 1. The summed E-state index contributed by atoms with van der Waals surface area (Å²) in [6, 6.07) is 16.6. The molecular formula is C20H21NO5. The highest BCUT2D eigenvalue weighted by atomic mass is 16.5. The Morgan fingerprint density at radius 3 is 2.38 bits per heavy atom. The van der Waals surface area contributed by atoms with Crippen LogP contribution in [0.15, 0.2) is 54.6 Å². The Bertz CT molecular complexity index is 777. The van der Waals surface area contributed by atoms with Crippen LogP contribution in [0.4, 0.5) is 0 Å². The van der Waals surface area contributed by atoms with Gasteiger partial charge in [-0.15, -0.1) is 0 Å². The molecule has 3 rings (SSSR count). The van der Waals surface area contributed by atoms with Gasteiger partial charge in [-0.05, 0) is 24.5 Å². The standard InChI is InChI=1S/C20H21NO5/c1-25-15-10-6-5-9-14(15)18(13-7-3-2-4-8-13)21-19(22)16-11-12-17(26-16)20(23)24/h2-10,16-18H,11-12H2,1H3,(H,21,22)(H,23,24)/t16-,17+,18?/m0/s1. The minimum Gasteiger partial charge on any atom is -0.496 e. The van der Waals surface area contributed by atoms with Crippen LogP contribution in [0.1, 0.15) is 30.0 Å². The number of amides is 1. The number of carboxylic acid groups (broad SMARTS) is 1. The van der Waals surface area contributed by atoms with Crippen molar-refractivity contribution in [2.24, 2.45) is 0 Å². The van der Waals surface area contributed by atoms with Crippen molar-refractivity contribution < 1.29 is 24.2 Å². The maximum absolute atomic E-state index is 12.7. The predicted molar refractivity (Wildman–Crippen MR) is 95.0 cm³/mol. The molecule has 26 heavy (non-hydrogen) atoms. The Hall–Kier alpha value is -2.86. The zero-order valence-electron chi connectivity index (χ0n) is 14.4. The number of ether oxygens (including phenoxy) is 2. The molecule has 1 saturated heterocycles. The molecule has 0 saturated carbocycles. The van der Waals surface area contributed by atoms with Gasteiger partial charge in [0.05, 0.1) is 13.2 Å². The Morgan fingerprint density at radius 2 is 1.73 bits per heavy atom. The molecule has 1 aliphatic heterocycles. The zero-order chi connectivity index (χ0) is 18.5. The topological polar surface area (TPSA) is 84.9 Å². The third-order valence-electron chi connectivity index (χ3n) is 4.46. The van der Waals surface area contributed by atoms with Gasteiger partial charge >= 0.3 is 5.97 Å². The van der Waals surface area contributed by atoms with E-state index in [0.29, 0.717) is 18.6 Å². The average molecular weight is 355 g/mol. The number of carboxylic acids is 1. The minimum atomic E-state index is -1.04. The highest BCUT2D eigenvalue weighted by molar-refractivity contribution is 5.83. The van der Waals surface area contributed by atoms with Gasteiger partial charge in [0.1, 0.15) is 11.9 Å². The summed E-state index contributed by atoms with van der Waals surface area (Å²) in [6.45, 7) is 0. The fraction of sp³-hybridized carbons (Fsp3) is 0.300. The van der Waals surface area contributed by atoms with Crippen LogP contribution in [0, 0.1) is 0 Å². The zero-order valence-corrected chi connectivity index (χ0v) is 14.4. The molecule has 2 aromatic rings. The maximum Gasteiger partial charge on any atom is 0.332 e. The van der Waals surface area contributed by atoms with Crippen LogP contribution in [0.5, 0.6) is 5.75 Å². The fourth-order valence-corrected chi connectivity index (χ4v) is 3.14. The first kappa shape index (κ1) is 17.9. The number of rotatable bonds is 6. The first-order chi connectivity index (χ1) is 12.6. The van der Waals surface area contributed by atoms with Gasteiger partial charge in [0.25, 0.3) is 0 Å². The molecule has 0 spiro atoms. The molecule has 0 bridgehead atoms. The monoisotopic (exact) mass is 355 g/mol. The lowest BCUT2D eigenvalue weighted by Gasteiger charge is -2.23. The second kappa shape index (κ2) is 8.01. The van der Waals surface area contributed by atoms with Gasteiger partial charge in [-0.3, -0.25) is 4.79 Å². The average Bonchev–Trinajstić information content (AvgIpc) is 3.17. The molecule has 2 N–H and O–H groups in total. The first-order valence-corrected chi connectivity index (χ1v) is 8.46. The number of carbonyl (C=O) groups is 2. The Morgan fingerprint density at radius 1 is 1.08 bits per heavy atom. The van der Waals surface area contributed by atoms with Crippen molar-refractivity contribution in [2.45, 2.75) is 31.1 Å². The fourth-order valence-electron chi connectivity index (χ4n) is 3.14. The molecule has 1 unspecified atom stereocenters. The van der Waals surface area contributed by atoms with E-state index in [1.54, 1.807) is 7.11 Å². The summed E-state index contributed by atoms with van der Waals surface area (Å²) >= 11 is 0. The van der Waals surface area contributed by atoms with Crippen molar-refractivity contribution >= 4 is 11.9 Å². The largest absolute Gasteiger partial charge is 0.496 e. The summed E-state index contributed by atoms with van der Waals surface area (Å²) in [5.41, 5.74) is 1.72. The molecule has 0 radical (unpaired) electrons. The number of carbonyl (C=O) groups excluding carboxylic acids is 1. The Kier molecular flexibility index (Phi) is 5.53. The molecule has 6 heteroatoms.